The minimum Gasteiger partial charge on any atom is -0.374 e. The molecule has 0 saturated heterocycles. The van der Waals surface area contributed by atoms with Crippen molar-refractivity contribution in [1.29, 1.82) is 0 Å². The van der Waals surface area contributed by atoms with Gasteiger partial charge in [0.25, 0.3) is 0 Å². The molecule has 0 bridgehead atoms. The fourth-order valence-electron chi connectivity index (χ4n) is 1.21. The van der Waals surface area contributed by atoms with Crippen molar-refractivity contribution >= 4 is 23.2 Å². The molecule has 0 radical (unpaired) electrons. The molecule has 0 fully saturated rings. The van der Waals surface area contributed by atoms with E-state index in [9.17, 15) is 0 Å². The first-order valence-electron chi connectivity index (χ1n) is 4.67. The van der Waals surface area contributed by atoms with Gasteiger partial charge in [0.2, 0.25) is 0 Å². The molecular weight excluding hydrogens is 219 g/mol. The molecule has 0 amide bonds. The molecule has 14 heavy (non-hydrogen) atoms. The summed E-state index contributed by atoms with van der Waals surface area (Å²) in [5, 5.41) is 0.755. The average Bonchev–Trinajstić information content (AvgIpc) is 2.18. The Bertz CT molecular complexity index is 276. The molecular formula is C11H14Cl2O. The van der Waals surface area contributed by atoms with Crippen molar-refractivity contribution in [1.82, 2.24) is 0 Å². The molecule has 1 rings (SSSR count). The van der Waals surface area contributed by atoms with Gasteiger partial charge in [-0.05, 0) is 25.0 Å². The number of hydrogen-bond donors (Lipinski definition) is 0. The summed E-state index contributed by atoms with van der Waals surface area (Å²) in [5.41, 5.74) is 1.03. The molecule has 3 heteroatoms. The van der Waals surface area contributed by atoms with Gasteiger partial charge >= 0.3 is 0 Å². The third-order valence-electron chi connectivity index (χ3n) is 1.99. The van der Waals surface area contributed by atoms with Crippen LogP contribution in [0.5, 0.6) is 0 Å². The highest BCUT2D eigenvalue weighted by Crippen LogP contribution is 2.24. The van der Waals surface area contributed by atoms with Crippen LogP contribution in [0.2, 0.25) is 5.02 Å². The van der Waals surface area contributed by atoms with Crippen LogP contribution in [0.1, 0.15) is 25.0 Å². The van der Waals surface area contributed by atoms with Crippen molar-refractivity contribution in [3.63, 3.8) is 0 Å². The van der Waals surface area contributed by atoms with Crippen LogP contribution in [-0.4, -0.2) is 12.5 Å². The first-order valence-corrected chi connectivity index (χ1v) is 5.59. The predicted octanol–water partition coefficient (Wildman–Crippen LogP) is 4.05. The van der Waals surface area contributed by atoms with Crippen LogP contribution in [0, 0.1) is 0 Å². The van der Waals surface area contributed by atoms with E-state index in [-0.39, 0.29) is 6.10 Å². The van der Waals surface area contributed by atoms with Gasteiger partial charge in [-0.1, -0.05) is 29.8 Å². The van der Waals surface area contributed by atoms with Crippen molar-refractivity contribution in [2.75, 3.05) is 12.5 Å². The molecule has 78 valence electrons. The van der Waals surface area contributed by atoms with E-state index in [4.69, 9.17) is 27.9 Å². The molecule has 0 aromatic heterocycles. The zero-order valence-corrected chi connectivity index (χ0v) is 9.68. The van der Waals surface area contributed by atoms with Gasteiger partial charge in [-0.25, -0.2) is 0 Å². The maximum Gasteiger partial charge on any atom is 0.0811 e. The van der Waals surface area contributed by atoms with E-state index in [2.05, 4.69) is 0 Å². The van der Waals surface area contributed by atoms with Gasteiger partial charge in [0.1, 0.15) is 0 Å². The van der Waals surface area contributed by atoms with Crippen LogP contribution in [-0.2, 0) is 4.74 Å². The molecule has 0 heterocycles. The molecule has 0 aliphatic carbocycles. The van der Waals surface area contributed by atoms with Crippen LogP contribution in [0.15, 0.2) is 24.3 Å². The van der Waals surface area contributed by atoms with Crippen LogP contribution >= 0.6 is 23.2 Å². The van der Waals surface area contributed by atoms with Crippen LogP contribution < -0.4 is 0 Å². The largest absolute Gasteiger partial charge is 0.374 e. The second-order valence-corrected chi connectivity index (χ2v) is 3.86. The molecule has 1 nitrogen and oxygen atoms in total. The first kappa shape index (κ1) is 11.8. The van der Waals surface area contributed by atoms with Gasteiger partial charge in [0.15, 0.2) is 0 Å². The maximum absolute atomic E-state index is 6.03. The van der Waals surface area contributed by atoms with E-state index in [0.717, 1.165) is 17.0 Å². The summed E-state index contributed by atoms with van der Waals surface area (Å²) in [6.45, 7) is 2.67. The minimum atomic E-state index is 0.0342. The lowest BCUT2D eigenvalue weighted by atomic mass is 10.1. The molecule has 0 saturated carbocycles. The highest BCUT2D eigenvalue weighted by molar-refractivity contribution is 6.31. The molecule has 1 aromatic rings. The molecule has 0 aliphatic heterocycles. The van der Waals surface area contributed by atoms with Crippen molar-refractivity contribution in [2.24, 2.45) is 0 Å². The standard InChI is InChI=1S/C11H14Cl2O/c1-9(14-8-4-7-12)10-5-2-3-6-11(10)13/h2-3,5-6,9H,4,7-8H2,1H3. The third-order valence-corrected chi connectivity index (χ3v) is 2.60. The Hall–Kier alpha value is -0.240. The number of halogens is 2. The molecule has 1 atom stereocenters. The van der Waals surface area contributed by atoms with E-state index in [1.807, 2.05) is 31.2 Å². The highest BCUT2D eigenvalue weighted by Gasteiger charge is 2.08. The molecule has 0 spiro atoms. The molecule has 1 aromatic carbocycles. The average molecular weight is 233 g/mol. The van der Waals surface area contributed by atoms with Crippen molar-refractivity contribution < 1.29 is 4.74 Å². The zero-order valence-electron chi connectivity index (χ0n) is 8.17. The second-order valence-electron chi connectivity index (χ2n) is 3.08. The van der Waals surface area contributed by atoms with Crippen molar-refractivity contribution in [3.8, 4) is 0 Å². The summed E-state index contributed by atoms with van der Waals surface area (Å²) in [5.74, 6) is 0.634. The smallest absolute Gasteiger partial charge is 0.0811 e. The van der Waals surface area contributed by atoms with Crippen LogP contribution in [0.3, 0.4) is 0 Å². The second kappa shape index (κ2) is 6.28. The monoisotopic (exact) mass is 232 g/mol. The maximum atomic E-state index is 6.03. The summed E-state index contributed by atoms with van der Waals surface area (Å²) in [6, 6.07) is 7.73. The quantitative estimate of drug-likeness (QED) is 0.550. The van der Waals surface area contributed by atoms with E-state index >= 15 is 0 Å². The van der Waals surface area contributed by atoms with E-state index in [1.165, 1.54) is 0 Å². The van der Waals surface area contributed by atoms with E-state index in [1.54, 1.807) is 0 Å². The predicted molar refractivity (Wildman–Crippen MR) is 61.2 cm³/mol. The Morgan fingerprint density at radius 3 is 2.71 bits per heavy atom. The Labute approximate surface area is 95.0 Å². The SMILES string of the molecule is CC(OCCCCl)c1ccccc1Cl. The topological polar surface area (TPSA) is 9.23 Å². The van der Waals surface area contributed by atoms with E-state index in [0.29, 0.717) is 12.5 Å². The first-order chi connectivity index (χ1) is 6.75. The zero-order chi connectivity index (χ0) is 10.4. The minimum absolute atomic E-state index is 0.0342. The number of hydrogen-bond acceptors (Lipinski definition) is 1. The van der Waals surface area contributed by atoms with Crippen molar-refractivity contribution in [3.05, 3.63) is 34.9 Å². The Balaban J connectivity index is 2.51. The number of rotatable bonds is 5. The van der Waals surface area contributed by atoms with Gasteiger partial charge in [0, 0.05) is 17.5 Å². The van der Waals surface area contributed by atoms with E-state index < -0.39 is 0 Å². The fourth-order valence-corrected chi connectivity index (χ4v) is 1.61. The van der Waals surface area contributed by atoms with Gasteiger partial charge in [-0.2, -0.15) is 0 Å². The van der Waals surface area contributed by atoms with Gasteiger partial charge in [0.05, 0.1) is 6.10 Å². The van der Waals surface area contributed by atoms with Gasteiger partial charge in [-0.3, -0.25) is 0 Å². The van der Waals surface area contributed by atoms with Crippen LogP contribution in [0.25, 0.3) is 0 Å². The lowest BCUT2D eigenvalue weighted by Crippen LogP contribution is -2.02. The molecule has 0 aliphatic rings. The van der Waals surface area contributed by atoms with Crippen molar-refractivity contribution in [2.45, 2.75) is 19.4 Å². The Morgan fingerprint density at radius 2 is 2.07 bits per heavy atom. The summed E-state index contributed by atoms with van der Waals surface area (Å²) in [4.78, 5) is 0. The summed E-state index contributed by atoms with van der Waals surface area (Å²) >= 11 is 11.6. The number of benzene rings is 1. The van der Waals surface area contributed by atoms with Gasteiger partial charge in [-0.15, -0.1) is 11.6 Å². The highest BCUT2D eigenvalue weighted by atomic mass is 35.5. The Morgan fingerprint density at radius 1 is 1.36 bits per heavy atom. The Kier molecular flexibility index (Phi) is 5.31. The van der Waals surface area contributed by atoms with Gasteiger partial charge < -0.3 is 4.74 Å². The lowest BCUT2D eigenvalue weighted by Gasteiger charge is -2.14. The molecule has 1 unspecified atom stereocenters. The normalized spacial score (nSPS) is 12.8. The summed E-state index contributed by atoms with van der Waals surface area (Å²) < 4.78 is 5.58. The molecule has 0 N–H and O–H groups in total. The fraction of sp³-hybridized carbons (Fsp3) is 0.455. The number of alkyl halides is 1. The summed E-state index contributed by atoms with van der Waals surface area (Å²) in [7, 11) is 0. The third kappa shape index (κ3) is 3.49. The summed E-state index contributed by atoms with van der Waals surface area (Å²) in [6.07, 6.45) is 0.906. The van der Waals surface area contributed by atoms with Crippen LogP contribution in [0.4, 0.5) is 0 Å². The lowest BCUT2D eigenvalue weighted by molar-refractivity contribution is 0.0667. The number of ether oxygens (including phenoxy) is 1.